The SMILES string of the molecule is CN[C@H]1CCN(C(=O)Nc2ccc(Cl)cc2)C1. The Bertz CT molecular complexity index is 393. The summed E-state index contributed by atoms with van der Waals surface area (Å²) in [7, 11) is 1.92. The van der Waals surface area contributed by atoms with Gasteiger partial charge < -0.3 is 15.5 Å². The van der Waals surface area contributed by atoms with E-state index in [0.29, 0.717) is 11.1 Å². The molecule has 0 bridgehead atoms. The Balaban J connectivity index is 1.91. The number of hydrogen-bond acceptors (Lipinski definition) is 2. The van der Waals surface area contributed by atoms with Crippen LogP contribution in [0, 0.1) is 0 Å². The number of likely N-dealkylation sites (N-methyl/N-ethyl adjacent to an activating group) is 1. The van der Waals surface area contributed by atoms with Crippen LogP contribution in [0.4, 0.5) is 10.5 Å². The molecule has 1 atom stereocenters. The molecule has 2 rings (SSSR count). The number of carbonyl (C=O) groups is 1. The zero-order valence-corrected chi connectivity index (χ0v) is 10.5. The number of carbonyl (C=O) groups excluding carboxylic acids is 1. The Labute approximate surface area is 106 Å². The molecule has 1 heterocycles. The molecule has 1 saturated heterocycles. The van der Waals surface area contributed by atoms with Gasteiger partial charge in [0.2, 0.25) is 0 Å². The molecule has 0 aliphatic carbocycles. The molecule has 2 N–H and O–H groups in total. The van der Waals surface area contributed by atoms with Crippen LogP contribution in [0.25, 0.3) is 0 Å². The molecular formula is C12H16ClN3O. The van der Waals surface area contributed by atoms with Gasteiger partial charge in [-0.3, -0.25) is 0 Å². The number of benzene rings is 1. The van der Waals surface area contributed by atoms with Crippen molar-refractivity contribution in [2.24, 2.45) is 0 Å². The van der Waals surface area contributed by atoms with Gasteiger partial charge in [0.05, 0.1) is 0 Å². The van der Waals surface area contributed by atoms with E-state index in [1.165, 1.54) is 0 Å². The molecule has 0 spiro atoms. The van der Waals surface area contributed by atoms with Gasteiger partial charge in [0.25, 0.3) is 0 Å². The first-order chi connectivity index (χ1) is 8.19. The number of nitrogens with zero attached hydrogens (tertiary/aromatic N) is 1. The van der Waals surface area contributed by atoms with Crippen LogP contribution in [-0.4, -0.2) is 37.1 Å². The molecular weight excluding hydrogens is 238 g/mol. The van der Waals surface area contributed by atoms with E-state index in [9.17, 15) is 4.79 Å². The Kier molecular flexibility index (Phi) is 3.86. The Morgan fingerprint density at radius 3 is 2.71 bits per heavy atom. The molecule has 0 radical (unpaired) electrons. The van der Waals surface area contributed by atoms with E-state index in [4.69, 9.17) is 11.6 Å². The number of halogens is 1. The largest absolute Gasteiger partial charge is 0.323 e. The summed E-state index contributed by atoms with van der Waals surface area (Å²) in [6, 6.07) is 7.48. The summed E-state index contributed by atoms with van der Waals surface area (Å²) in [5.74, 6) is 0. The number of amides is 2. The van der Waals surface area contributed by atoms with Crippen LogP contribution in [0.3, 0.4) is 0 Å². The van der Waals surface area contributed by atoms with Crippen LogP contribution in [0.1, 0.15) is 6.42 Å². The van der Waals surface area contributed by atoms with Gasteiger partial charge in [-0.1, -0.05) is 11.6 Å². The van der Waals surface area contributed by atoms with Gasteiger partial charge in [-0.2, -0.15) is 0 Å². The Hall–Kier alpha value is -1.26. The van der Waals surface area contributed by atoms with E-state index < -0.39 is 0 Å². The molecule has 0 saturated carbocycles. The monoisotopic (exact) mass is 253 g/mol. The quantitative estimate of drug-likeness (QED) is 0.849. The number of likely N-dealkylation sites (tertiary alicyclic amines) is 1. The third-order valence-electron chi connectivity index (χ3n) is 2.98. The van der Waals surface area contributed by atoms with Crippen LogP contribution in [-0.2, 0) is 0 Å². The second-order valence-electron chi connectivity index (χ2n) is 4.16. The van der Waals surface area contributed by atoms with Gasteiger partial charge in [-0.15, -0.1) is 0 Å². The van der Waals surface area contributed by atoms with Crippen molar-refractivity contribution in [3.05, 3.63) is 29.3 Å². The van der Waals surface area contributed by atoms with Crippen molar-refractivity contribution < 1.29 is 4.79 Å². The molecule has 4 nitrogen and oxygen atoms in total. The lowest BCUT2D eigenvalue weighted by molar-refractivity contribution is 0.221. The fraction of sp³-hybridized carbons (Fsp3) is 0.417. The lowest BCUT2D eigenvalue weighted by atomic mass is 10.3. The number of urea groups is 1. The summed E-state index contributed by atoms with van der Waals surface area (Å²) in [5, 5.41) is 6.70. The van der Waals surface area contributed by atoms with E-state index in [1.807, 2.05) is 11.9 Å². The minimum absolute atomic E-state index is 0.0509. The smallest absolute Gasteiger partial charge is 0.321 e. The van der Waals surface area contributed by atoms with Crippen LogP contribution >= 0.6 is 11.6 Å². The van der Waals surface area contributed by atoms with Crippen LogP contribution in [0.15, 0.2) is 24.3 Å². The van der Waals surface area contributed by atoms with E-state index in [2.05, 4.69) is 10.6 Å². The van der Waals surface area contributed by atoms with Crippen molar-refractivity contribution in [2.75, 3.05) is 25.5 Å². The van der Waals surface area contributed by atoms with Crippen molar-refractivity contribution >= 4 is 23.3 Å². The summed E-state index contributed by atoms with van der Waals surface area (Å²) in [6.45, 7) is 1.56. The molecule has 2 amide bonds. The van der Waals surface area contributed by atoms with Crippen molar-refractivity contribution in [2.45, 2.75) is 12.5 Å². The Morgan fingerprint density at radius 1 is 1.41 bits per heavy atom. The Morgan fingerprint density at radius 2 is 2.12 bits per heavy atom. The van der Waals surface area contributed by atoms with Gasteiger partial charge in [0, 0.05) is 29.8 Å². The van der Waals surface area contributed by atoms with E-state index in [-0.39, 0.29) is 6.03 Å². The zero-order chi connectivity index (χ0) is 12.3. The predicted molar refractivity (Wildman–Crippen MR) is 69.5 cm³/mol. The highest BCUT2D eigenvalue weighted by atomic mass is 35.5. The van der Waals surface area contributed by atoms with Crippen LogP contribution < -0.4 is 10.6 Å². The molecule has 1 aromatic rings. The summed E-state index contributed by atoms with van der Waals surface area (Å²) < 4.78 is 0. The lowest BCUT2D eigenvalue weighted by Crippen LogP contribution is -2.36. The highest BCUT2D eigenvalue weighted by Crippen LogP contribution is 2.15. The molecule has 1 aromatic carbocycles. The maximum absolute atomic E-state index is 11.9. The van der Waals surface area contributed by atoms with Crippen LogP contribution in [0.5, 0.6) is 0 Å². The van der Waals surface area contributed by atoms with Gasteiger partial charge in [0.1, 0.15) is 0 Å². The van der Waals surface area contributed by atoms with Crippen molar-refractivity contribution in [3.63, 3.8) is 0 Å². The second-order valence-corrected chi connectivity index (χ2v) is 4.59. The van der Waals surface area contributed by atoms with E-state index in [1.54, 1.807) is 24.3 Å². The minimum atomic E-state index is -0.0509. The number of nitrogens with one attached hydrogen (secondary N) is 2. The molecule has 0 aromatic heterocycles. The van der Waals surface area contributed by atoms with Gasteiger partial charge in [-0.25, -0.2) is 4.79 Å². The summed E-state index contributed by atoms with van der Waals surface area (Å²) in [4.78, 5) is 13.7. The van der Waals surface area contributed by atoms with Gasteiger partial charge in [-0.05, 0) is 37.7 Å². The fourth-order valence-corrected chi connectivity index (χ4v) is 2.04. The molecule has 1 fully saturated rings. The molecule has 1 aliphatic heterocycles. The van der Waals surface area contributed by atoms with E-state index >= 15 is 0 Å². The van der Waals surface area contributed by atoms with Crippen LogP contribution in [0.2, 0.25) is 5.02 Å². The third kappa shape index (κ3) is 3.11. The lowest BCUT2D eigenvalue weighted by Gasteiger charge is -2.17. The first-order valence-corrected chi connectivity index (χ1v) is 6.05. The maximum atomic E-state index is 11.9. The zero-order valence-electron chi connectivity index (χ0n) is 9.74. The number of rotatable bonds is 2. The average Bonchev–Trinajstić information content (AvgIpc) is 2.81. The maximum Gasteiger partial charge on any atom is 0.321 e. The standard InChI is InChI=1S/C12H16ClN3O/c1-14-11-6-7-16(8-11)12(17)15-10-4-2-9(13)3-5-10/h2-5,11,14H,6-8H2,1H3,(H,15,17)/t11-/m0/s1. The molecule has 92 valence electrons. The van der Waals surface area contributed by atoms with Crippen molar-refractivity contribution in [1.29, 1.82) is 0 Å². The predicted octanol–water partition coefficient (Wildman–Crippen LogP) is 2.17. The van der Waals surface area contributed by atoms with Gasteiger partial charge in [0.15, 0.2) is 0 Å². The number of anilines is 1. The first kappa shape index (κ1) is 12.2. The summed E-state index contributed by atoms with van der Waals surface area (Å²) >= 11 is 5.78. The second kappa shape index (κ2) is 5.38. The van der Waals surface area contributed by atoms with Crippen molar-refractivity contribution in [3.8, 4) is 0 Å². The normalized spacial score (nSPS) is 19.4. The fourth-order valence-electron chi connectivity index (χ4n) is 1.92. The topological polar surface area (TPSA) is 44.4 Å². The van der Waals surface area contributed by atoms with E-state index in [0.717, 1.165) is 25.2 Å². The molecule has 17 heavy (non-hydrogen) atoms. The summed E-state index contributed by atoms with van der Waals surface area (Å²) in [6.07, 6.45) is 1.00. The molecule has 5 heteroatoms. The third-order valence-corrected chi connectivity index (χ3v) is 3.23. The van der Waals surface area contributed by atoms with Crippen molar-refractivity contribution in [1.82, 2.24) is 10.2 Å². The molecule has 0 unspecified atom stereocenters. The minimum Gasteiger partial charge on any atom is -0.323 e. The molecule has 1 aliphatic rings. The summed E-state index contributed by atoms with van der Waals surface area (Å²) in [5.41, 5.74) is 0.771. The highest BCUT2D eigenvalue weighted by molar-refractivity contribution is 6.30. The first-order valence-electron chi connectivity index (χ1n) is 5.68. The van der Waals surface area contributed by atoms with Gasteiger partial charge >= 0.3 is 6.03 Å². The number of hydrogen-bond donors (Lipinski definition) is 2. The average molecular weight is 254 g/mol. The highest BCUT2D eigenvalue weighted by Gasteiger charge is 2.24.